The van der Waals surface area contributed by atoms with Gasteiger partial charge in [-0.3, -0.25) is 0 Å². The van der Waals surface area contributed by atoms with Crippen LogP contribution in [0.15, 0.2) is 48.7 Å². The van der Waals surface area contributed by atoms with Gasteiger partial charge in [0.1, 0.15) is 19.8 Å². The highest BCUT2D eigenvalue weighted by molar-refractivity contribution is 6.02. The van der Waals surface area contributed by atoms with E-state index in [1.54, 1.807) is 6.20 Å². The van der Waals surface area contributed by atoms with Crippen LogP contribution in [0.4, 0.5) is 0 Å². The molecule has 0 N–H and O–H groups in total. The summed E-state index contributed by atoms with van der Waals surface area (Å²) in [6.07, 6.45) is 1.59. The van der Waals surface area contributed by atoms with Gasteiger partial charge in [-0.1, -0.05) is 30.3 Å². The van der Waals surface area contributed by atoms with Gasteiger partial charge in [-0.2, -0.15) is 0 Å². The number of carbonyl (C=O) groups is 1. The Morgan fingerprint density at radius 1 is 1.08 bits per heavy atom. The second-order valence-corrected chi connectivity index (χ2v) is 5.75. The van der Waals surface area contributed by atoms with E-state index in [1.807, 2.05) is 42.5 Å². The zero-order valence-corrected chi connectivity index (χ0v) is 14.2. The summed E-state index contributed by atoms with van der Waals surface area (Å²) in [5, 5.41) is 1.46. The van der Waals surface area contributed by atoms with Crippen molar-refractivity contribution in [3.8, 4) is 17.2 Å². The molecule has 2 aromatic carbocycles. The van der Waals surface area contributed by atoms with Gasteiger partial charge in [-0.15, -0.1) is 0 Å². The maximum absolute atomic E-state index is 12.2. The molecular formula is C20H17NO5. The topological polar surface area (TPSA) is 66.9 Å². The molecule has 0 bridgehead atoms. The third-order valence-electron chi connectivity index (χ3n) is 4.13. The average Bonchev–Trinajstić information content (AvgIpc) is 2.71. The number of hydrogen-bond donors (Lipinski definition) is 0. The fourth-order valence-corrected chi connectivity index (χ4v) is 2.90. The Morgan fingerprint density at radius 2 is 1.88 bits per heavy atom. The number of esters is 1. The van der Waals surface area contributed by atoms with Crippen molar-refractivity contribution in [3.05, 3.63) is 59.9 Å². The summed E-state index contributed by atoms with van der Waals surface area (Å²) in [6.45, 7) is 1.27. The molecule has 0 radical (unpaired) electrons. The highest BCUT2D eigenvalue weighted by Crippen LogP contribution is 2.41. The van der Waals surface area contributed by atoms with E-state index in [0.717, 1.165) is 16.3 Å². The predicted molar refractivity (Wildman–Crippen MR) is 94.8 cm³/mol. The van der Waals surface area contributed by atoms with Gasteiger partial charge in [0.15, 0.2) is 22.9 Å². The van der Waals surface area contributed by atoms with Crippen molar-refractivity contribution in [3.63, 3.8) is 0 Å². The fourth-order valence-electron chi connectivity index (χ4n) is 2.90. The van der Waals surface area contributed by atoms with E-state index >= 15 is 0 Å². The lowest BCUT2D eigenvalue weighted by Crippen LogP contribution is -2.16. The molecule has 6 heteroatoms. The molecule has 26 heavy (non-hydrogen) atoms. The third kappa shape index (κ3) is 2.90. The highest BCUT2D eigenvalue weighted by atomic mass is 16.6. The fraction of sp³-hybridized carbons (Fsp3) is 0.200. The van der Waals surface area contributed by atoms with Crippen LogP contribution in [0.3, 0.4) is 0 Å². The number of benzene rings is 2. The summed E-state index contributed by atoms with van der Waals surface area (Å²) in [5.74, 6) is 1.09. The first-order valence-corrected chi connectivity index (χ1v) is 8.24. The lowest BCUT2D eigenvalue weighted by atomic mass is 10.1. The predicted octanol–water partition coefficient (Wildman–Crippen LogP) is 3.37. The van der Waals surface area contributed by atoms with Crippen molar-refractivity contribution in [1.82, 2.24) is 4.98 Å². The number of rotatable bonds is 4. The average molecular weight is 351 g/mol. The number of methoxy groups -OCH3 is 1. The minimum absolute atomic E-state index is 0.132. The number of carbonyl (C=O) groups excluding carboxylic acids is 1. The van der Waals surface area contributed by atoms with Gasteiger partial charge < -0.3 is 18.9 Å². The molecule has 0 amide bonds. The molecule has 1 aromatic heterocycles. The van der Waals surface area contributed by atoms with Crippen LogP contribution in [0, 0.1) is 0 Å². The van der Waals surface area contributed by atoms with Crippen molar-refractivity contribution < 1.29 is 23.7 Å². The van der Waals surface area contributed by atoms with E-state index in [0.29, 0.717) is 37.1 Å². The first-order valence-electron chi connectivity index (χ1n) is 8.24. The van der Waals surface area contributed by atoms with Crippen LogP contribution in [-0.4, -0.2) is 31.3 Å². The number of ether oxygens (including phenoxy) is 4. The Balaban J connectivity index is 1.81. The Labute approximate surface area is 150 Å². The van der Waals surface area contributed by atoms with E-state index in [9.17, 15) is 4.79 Å². The Kier molecular flexibility index (Phi) is 4.31. The highest BCUT2D eigenvalue weighted by Gasteiger charge is 2.23. The minimum Gasteiger partial charge on any atom is -0.486 e. The van der Waals surface area contributed by atoms with Crippen LogP contribution in [0.25, 0.3) is 10.8 Å². The molecule has 0 atom stereocenters. The summed E-state index contributed by atoms with van der Waals surface area (Å²) in [4.78, 5) is 16.4. The third-order valence-corrected chi connectivity index (χ3v) is 4.13. The number of nitrogens with zero attached hydrogens (tertiary/aromatic N) is 1. The molecule has 0 saturated carbocycles. The van der Waals surface area contributed by atoms with E-state index in [2.05, 4.69) is 4.98 Å². The summed E-state index contributed by atoms with van der Waals surface area (Å²) < 4.78 is 22.2. The molecule has 0 fully saturated rings. The maximum Gasteiger partial charge on any atom is 0.360 e. The lowest BCUT2D eigenvalue weighted by molar-refractivity contribution is 0.0588. The number of fused-ring (bicyclic) bond motifs is 3. The van der Waals surface area contributed by atoms with Gasteiger partial charge in [-0.05, 0) is 17.7 Å². The van der Waals surface area contributed by atoms with E-state index in [1.165, 1.54) is 7.11 Å². The van der Waals surface area contributed by atoms with Crippen molar-refractivity contribution in [2.24, 2.45) is 0 Å². The molecular weight excluding hydrogens is 334 g/mol. The molecule has 0 spiro atoms. The molecule has 0 unspecified atom stereocenters. The van der Waals surface area contributed by atoms with Crippen molar-refractivity contribution in [2.75, 3.05) is 20.3 Å². The first-order chi connectivity index (χ1) is 12.8. The summed E-state index contributed by atoms with van der Waals surface area (Å²) in [5.41, 5.74) is 1.12. The Bertz CT molecular complexity index is 955. The second kappa shape index (κ2) is 6.92. The zero-order valence-electron chi connectivity index (χ0n) is 14.2. The first kappa shape index (κ1) is 16.2. The van der Waals surface area contributed by atoms with Gasteiger partial charge in [-0.25, -0.2) is 9.78 Å². The smallest absolute Gasteiger partial charge is 0.360 e. The second-order valence-electron chi connectivity index (χ2n) is 5.75. The van der Waals surface area contributed by atoms with Gasteiger partial charge in [0.05, 0.1) is 7.11 Å². The summed E-state index contributed by atoms with van der Waals surface area (Å²) in [7, 11) is 1.32. The van der Waals surface area contributed by atoms with Crippen LogP contribution in [0.5, 0.6) is 17.2 Å². The van der Waals surface area contributed by atoms with Crippen LogP contribution < -0.4 is 14.2 Å². The van der Waals surface area contributed by atoms with E-state index in [4.69, 9.17) is 18.9 Å². The quantitative estimate of drug-likeness (QED) is 0.672. The minimum atomic E-state index is -0.551. The van der Waals surface area contributed by atoms with Crippen molar-refractivity contribution in [2.45, 2.75) is 6.61 Å². The van der Waals surface area contributed by atoms with Crippen molar-refractivity contribution in [1.29, 1.82) is 0 Å². The molecule has 0 aliphatic carbocycles. The van der Waals surface area contributed by atoms with Gasteiger partial charge in [0.25, 0.3) is 0 Å². The normalized spacial score (nSPS) is 12.7. The summed E-state index contributed by atoms with van der Waals surface area (Å²) in [6, 6.07) is 13.4. The largest absolute Gasteiger partial charge is 0.486 e. The SMILES string of the molecule is COC(=O)c1ncc2c3c(ccc2c1OCc1ccccc1)OCCO3. The maximum atomic E-state index is 12.2. The molecule has 3 aromatic rings. The van der Waals surface area contributed by atoms with Crippen LogP contribution >= 0.6 is 0 Å². The monoisotopic (exact) mass is 351 g/mol. The van der Waals surface area contributed by atoms with Gasteiger partial charge in [0.2, 0.25) is 0 Å². The van der Waals surface area contributed by atoms with Gasteiger partial charge >= 0.3 is 5.97 Å². The van der Waals surface area contributed by atoms with Crippen LogP contribution in [0.2, 0.25) is 0 Å². The zero-order chi connectivity index (χ0) is 17.9. The van der Waals surface area contributed by atoms with Crippen molar-refractivity contribution >= 4 is 16.7 Å². The summed E-state index contributed by atoms with van der Waals surface area (Å²) >= 11 is 0. The molecule has 1 aliphatic rings. The molecule has 1 aliphatic heterocycles. The van der Waals surface area contributed by atoms with Crippen LogP contribution in [0.1, 0.15) is 16.1 Å². The Hall–Kier alpha value is -3.28. The standard InChI is InChI=1S/C20H17NO5/c1-23-20(22)17-19(26-12-13-5-3-2-4-6-13)14-7-8-16-18(15(14)11-21-17)25-10-9-24-16/h2-8,11H,9-10,12H2,1H3. The molecule has 2 heterocycles. The van der Waals surface area contributed by atoms with E-state index < -0.39 is 5.97 Å². The molecule has 0 saturated heterocycles. The number of pyridine rings is 1. The number of aromatic nitrogens is 1. The molecule has 6 nitrogen and oxygen atoms in total. The lowest BCUT2D eigenvalue weighted by Gasteiger charge is -2.21. The molecule has 4 rings (SSSR count). The Morgan fingerprint density at radius 3 is 2.69 bits per heavy atom. The number of hydrogen-bond acceptors (Lipinski definition) is 6. The molecule has 132 valence electrons. The van der Waals surface area contributed by atoms with Gasteiger partial charge in [0, 0.05) is 17.0 Å². The van der Waals surface area contributed by atoms with E-state index in [-0.39, 0.29) is 5.69 Å². The van der Waals surface area contributed by atoms with Crippen LogP contribution in [-0.2, 0) is 11.3 Å².